The summed E-state index contributed by atoms with van der Waals surface area (Å²) in [6, 6.07) is 8.88. The molecule has 1 aliphatic carbocycles. The molecule has 1 aromatic carbocycles. The molecule has 2 rings (SSSR count). The molecule has 2 heteroatoms. The molecule has 18 heavy (non-hydrogen) atoms. The molecule has 2 N–H and O–H groups in total. The standard InChI is InChI=1S/C16H25NS/c1-13(2)18-10-9-16(12-17)8-7-14-5-3-4-6-15(14)11-16/h3-6,13H,7-12,17H2,1-2H3. The Morgan fingerprint density at radius 2 is 2.00 bits per heavy atom. The van der Waals surface area contributed by atoms with Gasteiger partial charge in [0.25, 0.3) is 0 Å². The van der Waals surface area contributed by atoms with E-state index in [1.54, 1.807) is 0 Å². The van der Waals surface area contributed by atoms with Gasteiger partial charge < -0.3 is 5.73 Å². The Balaban J connectivity index is 2.02. The molecule has 1 aromatic rings. The summed E-state index contributed by atoms with van der Waals surface area (Å²) >= 11 is 2.06. The lowest BCUT2D eigenvalue weighted by Gasteiger charge is -2.37. The monoisotopic (exact) mass is 263 g/mol. The Hall–Kier alpha value is -0.470. The van der Waals surface area contributed by atoms with Crippen LogP contribution in [-0.2, 0) is 12.8 Å². The lowest BCUT2D eigenvalue weighted by atomic mass is 9.70. The second kappa shape index (κ2) is 6.12. The van der Waals surface area contributed by atoms with E-state index in [0.717, 1.165) is 11.8 Å². The zero-order chi connectivity index (χ0) is 13.0. The van der Waals surface area contributed by atoms with E-state index in [0.29, 0.717) is 5.41 Å². The minimum absolute atomic E-state index is 0.357. The number of benzene rings is 1. The second-order valence-corrected chi connectivity index (χ2v) is 7.50. The number of fused-ring (bicyclic) bond motifs is 1. The van der Waals surface area contributed by atoms with Crippen LogP contribution in [0.4, 0.5) is 0 Å². The van der Waals surface area contributed by atoms with Gasteiger partial charge in [0.05, 0.1) is 0 Å². The molecule has 0 bridgehead atoms. The van der Waals surface area contributed by atoms with Crippen molar-refractivity contribution in [2.45, 2.75) is 44.8 Å². The van der Waals surface area contributed by atoms with Gasteiger partial charge in [0.1, 0.15) is 0 Å². The maximum atomic E-state index is 6.10. The van der Waals surface area contributed by atoms with Crippen LogP contribution in [0.25, 0.3) is 0 Å². The van der Waals surface area contributed by atoms with Crippen molar-refractivity contribution in [3.8, 4) is 0 Å². The molecule has 0 aliphatic heterocycles. The molecular weight excluding hydrogens is 238 g/mol. The lowest BCUT2D eigenvalue weighted by Crippen LogP contribution is -2.37. The van der Waals surface area contributed by atoms with Gasteiger partial charge in [0.2, 0.25) is 0 Å². The predicted molar refractivity (Wildman–Crippen MR) is 82.2 cm³/mol. The van der Waals surface area contributed by atoms with Crippen LogP contribution in [0.1, 0.15) is 37.8 Å². The van der Waals surface area contributed by atoms with Gasteiger partial charge in [-0.2, -0.15) is 11.8 Å². The fourth-order valence-electron chi connectivity index (χ4n) is 2.87. The average Bonchev–Trinajstić information content (AvgIpc) is 2.38. The van der Waals surface area contributed by atoms with Crippen molar-refractivity contribution >= 4 is 11.8 Å². The highest BCUT2D eigenvalue weighted by molar-refractivity contribution is 7.99. The zero-order valence-corrected chi connectivity index (χ0v) is 12.4. The molecule has 1 unspecified atom stereocenters. The van der Waals surface area contributed by atoms with Crippen molar-refractivity contribution in [2.24, 2.45) is 11.1 Å². The Morgan fingerprint density at radius 3 is 2.67 bits per heavy atom. The first-order valence-corrected chi connectivity index (χ1v) is 8.08. The predicted octanol–water partition coefficient (Wildman–Crippen LogP) is 3.65. The van der Waals surface area contributed by atoms with Crippen LogP contribution in [0.3, 0.4) is 0 Å². The SMILES string of the molecule is CC(C)SCCC1(CN)CCc2ccccc2C1. The molecule has 1 atom stereocenters. The molecule has 1 nitrogen and oxygen atoms in total. The number of hydrogen-bond donors (Lipinski definition) is 1. The van der Waals surface area contributed by atoms with Gasteiger partial charge in [-0.25, -0.2) is 0 Å². The van der Waals surface area contributed by atoms with E-state index in [1.807, 2.05) is 0 Å². The first-order chi connectivity index (χ1) is 8.65. The van der Waals surface area contributed by atoms with Crippen LogP contribution in [-0.4, -0.2) is 17.5 Å². The Bertz CT molecular complexity index is 388. The molecule has 0 saturated heterocycles. The summed E-state index contributed by atoms with van der Waals surface area (Å²) in [5, 5.41) is 0.732. The minimum Gasteiger partial charge on any atom is -0.330 e. The van der Waals surface area contributed by atoms with Gasteiger partial charge in [-0.15, -0.1) is 0 Å². The highest BCUT2D eigenvalue weighted by atomic mass is 32.2. The van der Waals surface area contributed by atoms with Gasteiger partial charge in [-0.1, -0.05) is 38.1 Å². The van der Waals surface area contributed by atoms with E-state index in [1.165, 1.54) is 42.6 Å². The Morgan fingerprint density at radius 1 is 1.28 bits per heavy atom. The van der Waals surface area contributed by atoms with E-state index in [2.05, 4.69) is 49.9 Å². The molecule has 0 radical (unpaired) electrons. The van der Waals surface area contributed by atoms with Crippen LogP contribution < -0.4 is 5.73 Å². The number of thioether (sulfide) groups is 1. The van der Waals surface area contributed by atoms with Crippen molar-refractivity contribution < 1.29 is 0 Å². The third kappa shape index (κ3) is 3.30. The van der Waals surface area contributed by atoms with Crippen LogP contribution in [0.5, 0.6) is 0 Å². The van der Waals surface area contributed by atoms with Gasteiger partial charge >= 0.3 is 0 Å². The summed E-state index contributed by atoms with van der Waals surface area (Å²) in [5.74, 6) is 1.25. The largest absolute Gasteiger partial charge is 0.330 e. The van der Waals surface area contributed by atoms with Crippen molar-refractivity contribution in [3.63, 3.8) is 0 Å². The van der Waals surface area contributed by atoms with Gasteiger partial charge in [-0.05, 0) is 59.8 Å². The van der Waals surface area contributed by atoms with Crippen molar-refractivity contribution in [3.05, 3.63) is 35.4 Å². The number of rotatable bonds is 5. The molecule has 1 aliphatic rings. The van der Waals surface area contributed by atoms with Crippen molar-refractivity contribution in [1.82, 2.24) is 0 Å². The Kier molecular flexibility index (Phi) is 4.74. The first kappa shape index (κ1) is 14.0. The zero-order valence-electron chi connectivity index (χ0n) is 11.6. The van der Waals surface area contributed by atoms with Gasteiger partial charge in [0, 0.05) is 0 Å². The smallest absolute Gasteiger partial charge is 0.000968 e. The molecular formula is C16H25NS. The lowest BCUT2D eigenvalue weighted by molar-refractivity contribution is 0.248. The molecule has 0 heterocycles. The normalized spacial score (nSPS) is 23.1. The highest BCUT2D eigenvalue weighted by Crippen LogP contribution is 2.38. The third-order valence-corrected chi connectivity index (χ3v) is 5.23. The van der Waals surface area contributed by atoms with Crippen LogP contribution in [0.15, 0.2) is 24.3 Å². The van der Waals surface area contributed by atoms with E-state index < -0.39 is 0 Å². The maximum absolute atomic E-state index is 6.10. The highest BCUT2D eigenvalue weighted by Gasteiger charge is 2.32. The number of aryl methyl sites for hydroxylation is 1. The third-order valence-electron chi connectivity index (χ3n) is 4.13. The fraction of sp³-hybridized carbons (Fsp3) is 0.625. The quantitative estimate of drug-likeness (QED) is 0.877. The van der Waals surface area contributed by atoms with Crippen LogP contribution >= 0.6 is 11.8 Å². The summed E-state index contributed by atoms with van der Waals surface area (Å²) in [5.41, 5.74) is 9.53. The van der Waals surface area contributed by atoms with Crippen molar-refractivity contribution in [1.29, 1.82) is 0 Å². The van der Waals surface area contributed by atoms with E-state index in [9.17, 15) is 0 Å². The first-order valence-electron chi connectivity index (χ1n) is 7.04. The van der Waals surface area contributed by atoms with Gasteiger partial charge in [-0.3, -0.25) is 0 Å². The van der Waals surface area contributed by atoms with E-state index in [-0.39, 0.29) is 0 Å². The Labute approximate surface area is 116 Å². The minimum atomic E-state index is 0.357. The summed E-state index contributed by atoms with van der Waals surface area (Å²) in [4.78, 5) is 0. The molecule has 0 saturated carbocycles. The number of hydrogen-bond acceptors (Lipinski definition) is 2. The summed E-state index contributed by atoms with van der Waals surface area (Å²) in [6.07, 6.45) is 4.91. The molecule has 0 fully saturated rings. The maximum Gasteiger partial charge on any atom is -0.000968 e. The van der Waals surface area contributed by atoms with Crippen molar-refractivity contribution in [2.75, 3.05) is 12.3 Å². The second-order valence-electron chi connectivity index (χ2n) is 5.82. The summed E-state index contributed by atoms with van der Waals surface area (Å²) < 4.78 is 0. The molecule has 100 valence electrons. The van der Waals surface area contributed by atoms with E-state index >= 15 is 0 Å². The summed E-state index contributed by atoms with van der Waals surface area (Å²) in [7, 11) is 0. The molecule has 0 aromatic heterocycles. The van der Waals surface area contributed by atoms with Crippen LogP contribution in [0.2, 0.25) is 0 Å². The fourth-order valence-corrected chi connectivity index (χ4v) is 3.89. The van der Waals surface area contributed by atoms with Crippen LogP contribution in [0, 0.1) is 5.41 Å². The molecule has 0 amide bonds. The topological polar surface area (TPSA) is 26.0 Å². The molecule has 0 spiro atoms. The summed E-state index contributed by atoms with van der Waals surface area (Å²) in [6.45, 7) is 5.38. The van der Waals surface area contributed by atoms with Gasteiger partial charge in [0.15, 0.2) is 0 Å². The average molecular weight is 263 g/mol. The number of nitrogens with two attached hydrogens (primary N) is 1. The van der Waals surface area contributed by atoms with E-state index in [4.69, 9.17) is 5.73 Å².